The Hall–Kier alpha value is -1.40. The van der Waals surface area contributed by atoms with Crippen molar-refractivity contribution in [1.82, 2.24) is 24.9 Å². The molecule has 3 heterocycles. The van der Waals surface area contributed by atoms with Gasteiger partial charge in [-0.2, -0.15) is 5.10 Å². The molecule has 0 aromatic carbocycles. The summed E-state index contributed by atoms with van der Waals surface area (Å²) in [5.41, 5.74) is 2.27. The van der Waals surface area contributed by atoms with Crippen molar-refractivity contribution < 1.29 is 4.79 Å². The third kappa shape index (κ3) is 5.05. The van der Waals surface area contributed by atoms with Crippen LogP contribution in [0.2, 0.25) is 0 Å². The predicted molar refractivity (Wildman–Crippen MR) is 99.0 cm³/mol. The van der Waals surface area contributed by atoms with Gasteiger partial charge < -0.3 is 10.2 Å². The maximum absolute atomic E-state index is 12.4. The number of hydrogen-bond acceptors (Lipinski definition) is 4. The first-order valence-corrected chi connectivity index (χ1v) is 9.75. The van der Waals surface area contributed by atoms with Crippen LogP contribution in [0.5, 0.6) is 0 Å². The first-order valence-electron chi connectivity index (χ1n) is 9.75. The molecule has 140 valence electrons. The van der Waals surface area contributed by atoms with Gasteiger partial charge in [-0.15, -0.1) is 0 Å². The largest absolute Gasteiger partial charge is 0.350 e. The Morgan fingerprint density at radius 2 is 2.04 bits per heavy atom. The van der Waals surface area contributed by atoms with Crippen LogP contribution in [0.1, 0.15) is 44.5 Å². The third-order valence-electron chi connectivity index (χ3n) is 5.30. The van der Waals surface area contributed by atoms with Crippen LogP contribution in [0.25, 0.3) is 0 Å². The Labute approximate surface area is 151 Å². The minimum absolute atomic E-state index is 0.165. The van der Waals surface area contributed by atoms with Crippen LogP contribution in [-0.2, 0) is 24.4 Å². The minimum Gasteiger partial charge on any atom is -0.350 e. The molecule has 1 fully saturated rings. The van der Waals surface area contributed by atoms with E-state index in [0.717, 1.165) is 64.2 Å². The number of aryl methyl sites for hydroxylation is 1. The lowest BCUT2D eigenvalue weighted by Gasteiger charge is -2.27. The number of rotatable bonds is 5. The zero-order valence-corrected chi connectivity index (χ0v) is 16.0. The first-order chi connectivity index (χ1) is 12.0. The molecule has 1 amide bonds. The average molecular weight is 348 g/mol. The van der Waals surface area contributed by atoms with Gasteiger partial charge in [0.25, 0.3) is 0 Å². The van der Waals surface area contributed by atoms with Gasteiger partial charge in [0.05, 0.1) is 17.9 Å². The van der Waals surface area contributed by atoms with Gasteiger partial charge in [-0.1, -0.05) is 13.8 Å². The Morgan fingerprint density at radius 1 is 1.28 bits per heavy atom. The summed E-state index contributed by atoms with van der Waals surface area (Å²) in [5, 5.41) is 7.83. The van der Waals surface area contributed by atoms with E-state index in [0.29, 0.717) is 12.5 Å². The smallest absolute Gasteiger partial charge is 0.223 e. The summed E-state index contributed by atoms with van der Waals surface area (Å²) >= 11 is 0. The van der Waals surface area contributed by atoms with Gasteiger partial charge in [0.1, 0.15) is 0 Å². The van der Waals surface area contributed by atoms with E-state index in [4.69, 9.17) is 5.10 Å². The number of nitrogens with one attached hydrogen (secondary N) is 1. The van der Waals surface area contributed by atoms with Crippen molar-refractivity contribution in [3.63, 3.8) is 0 Å². The van der Waals surface area contributed by atoms with Crippen LogP contribution in [-0.4, -0.2) is 58.7 Å². The quantitative estimate of drug-likeness (QED) is 0.881. The van der Waals surface area contributed by atoms with E-state index in [1.54, 1.807) is 0 Å². The van der Waals surface area contributed by atoms with Crippen molar-refractivity contribution in [3.05, 3.63) is 17.5 Å². The summed E-state index contributed by atoms with van der Waals surface area (Å²) in [4.78, 5) is 17.2. The molecule has 0 spiro atoms. The number of aromatic nitrogens is 2. The molecule has 0 bridgehead atoms. The van der Waals surface area contributed by atoms with Gasteiger partial charge in [-0.25, -0.2) is 0 Å². The fraction of sp³-hybridized carbons (Fsp3) is 0.789. The fourth-order valence-electron chi connectivity index (χ4n) is 3.94. The molecule has 1 aromatic heterocycles. The Balaban J connectivity index is 1.53. The molecule has 0 unspecified atom stereocenters. The molecule has 6 nitrogen and oxygen atoms in total. The minimum atomic E-state index is 0.165. The van der Waals surface area contributed by atoms with Gasteiger partial charge in [-0.3, -0.25) is 14.4 Å². The predicted octanol–water partition coefficient (Wildman–Crippen LogP) is 1.70. The van der Waals surface area contributed by atoms with Crippen molar-refractivity contribution in [2.24, 2.45) is 11.8 Å². The van der Waals surface area contributed by atoms with Crippen molar-refractivity contribution in [1.29, 1.82) is 0 Å². The zero-order valence-electron chi connectivity index (χ0n) is 16.0. The highest BCUT2D eigenvalue weighted by Gasteiger charge is 2.23. The molecule has 0 radical (unpaired) electrons. The van der Waals surface area contributed by atoms with E-state index in [2.05, 4.69) is 46.8 Å². The van der Waals surface area contributed by atoms with E-state index >= 15 is 0 Å². The second-order valence-electron chi connectivity index (χ2n) is 8.13. The molecule has 2 aliphatic heterocycles. The molecular weight excluding hydrogens is 314 g/mol. The molecular formula is C19H33N5O. The molecule has 0 saturated carbocycles. The number of fused-ring (bicyclic) bond motifs is 1. The molecule has 1 saturated heterocycles. The van der Waals surface area contributed by atoms with Gasteiger partial charge in [0.2, 0.25) is 5.91 Å². The standard InChI is InChI=1S/C19H33N5O/c1-15(2)13-23-7-4-8-24-18(14-23)11-17(21-24)12-20-19(25)16-5-9-22(3)10-6-16/h11,15-16H,4-10,12-14H2,1-3H3,(H,20,25). The number of likely N-dealkylation sites (tertiary alicyclic amines) is 1. The van der Waals surface area contributed by atoms with Crippen LogP contribution < -0.4 is 5.32 Å². The van der Waals surface area contributed by atoms with Crippen LogP contribution in [0.4, 0.5) is 0 Å². The van der Waals surface area contributed by atoms with Crippen LogP contribution in [0.3, 0.4) is 0 Å². The molecule has 25 heavy (non-hydrogen) atoms. The van der Waals surface area contributed by atoms with Crippen LogP contribution in [0.15, 0.2) is 6.07 Å². The number of carbonyl (C=O) groups is 1. The first kappa shape index (κ1) is 18.4. The number of amides is 1. The Bertz CT molecular complexity index is 574. The average Bonchev–Trinajstić information content (AvgIpc) is 2.85. The lowest BCUT2D eigenvalue weighted by Crippen LogP contribution is -2.38. The van der Waals surface area contributed by atoms with E-state index < -0.39 is 0 Å². The highest BCUT2D eigenvalue weighted by atomic mass is 16.1. The van der Waals surface area contributed by atoms with E-state index in [-0.39, 0.29) is 11.8 Å². The summed E-state index contributed by atoms with van der Waals surface area (Å²) < 4.78 is 2.14. The summed E-state index contributed by atoms with van der Waals surface area (Å²) in [7, 11) is 2.12. The number of hydrogen-bond donors (Lipinski definition) is 1. The fourth-order valence-corrected chi connectivity index (χ4v) is 3.94. The second kappa shape index (κ2) is 8.32. The van der Waals surface area contributed by atoms with E-state index in [1.165, 1.54) is 5.69 Å². The van der Waals surface area contributed by atoms with Gasteiger partial charge >= 0.3 is 0 Å². The molecule has 3 rings (SSSR count). The van der Waals surface area contributed by atoms with Gasteiger partial charge in [-0.05, 0) is 51.4 Å². The Morgan fingerprint density at radius 3 is 2.76 bits per heavy atom. The van der Waals surface area contributed by atoms with Crippen LogP contribution in [0, 0.1) is 11.8 Å². The number of nitrogens with zero attached hydrogens (tertiary/aromatic N) is 4. The third-order valence-corrected chi connectivity index (χ3v) is 5.30. The number of piperidine rings is 1. The molecule has 2 aliphatic rings. The van der Waals surface area contributed by atoms with Crippen molar-refractivity contribution in [3.8, 4) is 0 Å². The van der Waals surface area contributed by atoms with Crippen molar-refractivity contribution in [2.45, 2.75) is 52.7 Å². The summed E-state index contributed by atoms with van der Waals surface area (Å²) in [6.07, 6.45) is 3.07. The molecule has 0 aliphatic carbocycles. The summed E-state index contributed by atoms with van der Waals surface area (Å²) in [5.74, 6) is 1.04. The number of carbonyl (C=O) groups excluding carboxylic acids is 1. The van der Waals surface area contributed by atoms with Crippen LogP contribution >= 0.6 is 0 Å². The second-order valence-corrected chi connectivity index (χ2v) is 8.13. The monoisotopic (exact) mass is 347 g/mol. The topological polar surface area (TPSA) is 53.4 Å². The maximum Gasteiger partial charge on any atom is 0.223 e. The van der Waals surface area contributed by atoms with Crippen molar-refractivity contribution in [2.75, 3.05) is 33.2 Å². The van der Waals surface area contributed by atoms with E-state index in [1.807, 2.05) is 0 Å². The summed E-state index contributed by atoms with van der Waals surface area (Å²) in [6.45, 7) is 11.3. The Kier molecular flexibility index (Phi) is 6.12. The highest BCUT2D eigenvalue weighted by molar-refractivity contribution is 5.78. The highest BCUT2D eigenvalue weighted by Crippen LogP contribution is 2.17. The van der Waals surface area contributed by atoms with Crippen molar-refractivity contribution >= 4 is 5.91 Å². The van der Waals surface area contributed by atoms with Gasteiger partial charge in [0, 0.05) is 32.1 Å². The molecule has 0 atom stereocenters. The summed E-state index contributed by atoms with van der Waals surface area (Å²) in [6, 6.07) is 2.17. The molecule has 1 aromatic rings. The van der Waals surface area contributed by atoms with E-state index in [9.17, 15) is 4.79 Å². The van der Waals surface area contributed by atoms with Gasteiger partial charge in [0.15, 0.2) is 0 Å². The lowest BCUT2D eigenvalue weighted by molar-refractivity contribution is -0.126. The zero-order chi connectivity index (χ0) is 17.8. The molecule has 6 heteroatoms. The SMILES string of the molecule is CC(C)CN1CCCn2nc(CNC(=O)C3CCN(C)CC3)cc2C1. The maximum atomic E-state index is 12.4. The lowest BCUT2D eigenvalue weighted by atomic mass is 9.96. The normalized spacial score (nSPS) is 20.5. The molecule has 1 N–H and O–H groups in total.